The van der Waals surface area contributed by atoms with Gasteiger partial charge in [-0.25, -0.2) is 22.8 Å². The lowest BCUT2D eigenvalue weighted by molar-refractivity contribution is -0.136. The SMILES string of the molecule is COC(=O)C1=C(C)NC2=C(C(=O)OC2)[C@H]1c1cc(F)cc(F)c1[C@H](C)F. The van der Waals surface area contributed by atoms with Crippen molar-refractivity contribution >= 4 is 11.9 Å². The van der Waals surface area contributed by atoms with Crippen LogP contribution in [0, 0.1) is 11.6 Å². The molecule has 2 atom stereocenters. The highest BCUT2D eigenvalue weighted by atomic mass is 19.1. The zero-order valence-electron chi connectivity index (χ0n) is 14.3. The Morgan fingerprint density at radius 2 is 2.08 bits per heavy atom. The number of nitrogens with one attached hydrogen (secondary N) is 1. The first-order chi connectivity index (χ1) is 12.3. The predicted octanol–water partition coefficient (Wildman–Crippen LogP) is 2.94. The molecule has 3 rings (SSSR count). The van der Waals surface area contributed by atoms with Gasteiger partial charge in [-0.2, -0.15) is 0 Å². The van der Waals surface area contributed by atoms with E-state index in [1.807, 2.05) is 0 Å². The van der Waals surface area contributed by atoms with Gasteiger partial charge in [0.2, 0.25) is 0 Å². The summed E-state index contributed by atoms with van der Waals surface area (Å²) in [5.41, 5.74) is 0.123. The van der Waals surface area contributed by atoms with Gasteiger partial charge in [0.1, 0.15) is 24.4 Å². The smallest absolute Gasteiger partial charge is 0.337 e. The largest absolute Gasteiger partial charge is 0.466 e. The van der Waals surface area contributed by atoms with Crippen LogP contribution in [0.2, 0.25) is 0 Å². The first kappa shape index (κ1) is 18.0. The van der Waals surface area contributed by atoms with E-state index < -0.39 is 41.2 Å². The Bertz CT molecular complexity index is 873. The van der Waals surface area contributed by atoms with E-state index in [2.05, 4.69) is 5.32 Å². The molecule has 5 nitrogen and oxygen atoms in total. The number of benzene rings is 1. The van der Waals surface area contributed by atoms with Gasteiger partial charge in [-0.05, 0) is 25.5 Å². The first-order valence-corrected chi connectivity index (χ1v) is 7.85. The zero-order valence-corrected chi connectivity index (χ0v) is 14.3. The summed E-state index contributed by atoms with van der Waals surface area (Å²) < 4.78 is 52.1. The van der Waals surface area contributed by atoms with Crippen LogP contribution in [-0.2, 0) is 19.1 Å². The molecule has 0 saturated carbocycles. The topological polar surface area (TPSA) is 64.6 Å². The molecule has 0 unspecified atom stereocenters. The minimum atomic E-state index is -1.79. The third kappa shape index (κ3) is 2.75. The summed E-state index contributed by atoms with van der Waals surface area (Å²) in [4.78, 5) is 24.6. The molecule has 2 aliphatic rings. The average molecular weight is 367 g/mol. The fraction of sp³-hybridized carbons (Fsp3) is 0.333. The molecular weight excluding hydrogens is 351 g/mol. The van der Waals surface area contributed by atoms with Crippen molar-refractivity contribution < 1.29 is 32.2 Å². The Labute approximate surface area is 147 Å². The highest BCUT2D eigenvalue weighted by molar-refractivity contribution is 6.01. The minimum Gasteiger partial charge on any atom is -0.466 e. The minimum absolute atomic E-state index is 0.0166. The number of allylic oxidation sites excluding steroid dienone is 1. The number of hydrogen-bond acceptors (Lipinski definition) is 5. The molecule has 26 heavy (non-hydrogen) atoms. The van der Waals surface area contributed by atoms with Crippen molar-refractivity contribution in [3.8, 4) is 0 Å². The summed E-state index contributed by atoms with van der Waals surface area (Å²) in [6.07, 6.45) is -1.79. The maximum atomic E-state index is 14.3. The second-order valence-electron chi connectivity index (χ2n) is 6.06. The van der Waals surface area contributed by atoms with Crippen LogP contribution < -0.4 is 5.32 Å². The van der Waals surface area contributed by atoms with Crippen LogP contribution in [0.5, 0.6) is 0 Å². The number of ether oxygens (including phenoxy) is 2. The molecular formula is C18H16F3NO4. The third-order valence-corrected chi connectivity index (χ3v) is 4.45. The highest BCUT2D eigenvalue weighted by Gasteiger charge is 2.43. The van der Waals surface area contributed by atoms with Crippen LogP contribution in [0.4, 0.5) is 13.2 Å². The van der Waals surface area contributed by atoms with Crippen LogP contribution in [0.3, 0.4) is 0 Å². The van der Waals surface area contributed by atoms with Gasteiger partial charge in [0.05, 0.1) is 29.9 Å². The van der Waals surface area contributed by atoms with Gasteiger partial charge in [-0.1, -0.05) is 0 Å². The second-order valence-corrected chi connectivity index (χ2v) is 6.06. The lowest BCUT2D eigenvalue weighted by Crippen LogP contribution is -2.30. The van der Waals surface area contributed by atoms with Crippen molar-refractivity contribution in [3.63, 3.8) is 0 Å². The fourth-order valence-electron chi connectivity index (χ4n) is 3.42. The van der Waals surface area contributed by atoms with Crippen molar-refractivity contribution in [2.75, 3.05) is 13.7 Å². The molecule has 2 heterocycles. The van der Waals surface area contributed by atoms with Crippen LogP contribution in [0.1, 0.15) is 37.1 Å². The van der Waals surface area contributed by atoms with E-state index in [0.717, 1.165) is 20.1 Å². The molecule has 0 radical (unpaired) electrons. The number of alkyl halides is 1. The molecule has 0 saturated heterocycles. The first-order valence-electron chi connectivity index (χ1n) is 7.85. The number of carbonyl (C=O) groups excluding carboxylic acids is 2. The van der Waals surface area contributed by atoms with E-state index in [4.69, 9.17) is 9.47 Å². The lowest BCUT2D eigenvalue weighted by atomic mass is 9.78. The summed E-state index contributed by atoms with van der Waals surface area (Å²) in [7, 11) is 1.14. The van der Waals surface area contributed by atoms with E-state index in [1.165, 1.54) is 0 Å². The molecule has 0 amide bonds. The number of methoxy groups -OCH3 is 1. The highest BCUT2D eigenvalue weighted by Crippen LogP contribution is 2.44. The van der Waals surface area contributed by atoms with E-state index in [9.17, 15) is 22.8 Å². The van der Waals surface area contributed by atoms with Crippen LogP contribution in [0.25, 0.3) is 0 Å². The summed E-state index contributed by atoms with van der Waals surface area (Å²) in [6.45, 7) is 2.58. The van der Waals surface area contributed by atoms with Crippen molar-refractivity contribution in [1.82, 2.24) is 5.32 Å². The number of esters is 2. The summed E-state index contributed by atoms with van der Waals surface area (Å²) >= 11 is 0. The molecule has 1 aromatic rings. The van der Waals surface area contributed by atoms with Gasteiger partial charge in [0.25, 0.3) is 0 Å². The molecule has 0 aliphatic carbocycles. The Kier molecular flexibility index (Phi) is 4.52. The Balaban J connectivity index is 2.33. The average Bonchev–Trinajstić information content (AvgIpc) is 2.92. The molecule has 8 heteroatoms. The quantitative estimate of drug-likeness (QED) is 0.833. The predicted molar refractivity (Wildman–Crippen MR) is 84.5 cm³/mol. The number of halogens is 3. The molecule has 0 aromatic heterocycles. The van der Waals surface area contributed by atoms with Gasteiger partial charge in [-0.3, -0.25) is 0 Å². The molecule has 1 aromatic carbocycles. The second kappa shape index (κ2) is 6.51. The van der Waals surface area contributed by atoms with Crippen molar-refractivity contribution in [3.05, 3.63) is 57.4 Å². The van der Waals surface area contributed by atoms with E-state index >= 15 is 0 Å². The Morgan fingerprint density at radius 1 is 1.38 bits per heavy atom. The standard InChI is InChI=1S/C18H16F3NO4/c1-7(19)13-10(4-9(20)5-11(13)21)15-14(17(23)25-3)8(2)22-12-6-26-18(24)16(12)15/h4-5,7,15,22H,6H2,1-3H3/t7-,15-/m0/s1. The van der Waals surface area contributed by atoms with E-state index in [0.29, 0.717) is 17.5 Å². The van der Waals surface area contributed by atoms with E-state index in [-0.39, 0.29) is 23.3 Å². The van der Waals surface area contributed by atoms with Crippen molar-refractivity contribution in [2.24, 2.45) is 0 Å². The Morgan fingerprint density at radius 3 is 2.69 bits per heavy atom. The number of cyclic esters (lactones) is 1. The van der Waals surface area contributed by atoms with Gasteiger partial charge in [0, 0.05) is 17.3 Å². The molecule has 1 N–H and O–H groups in total. The normalized spacial score (nSPS) is 20.5. The van der Waals surface area contributed by atoms with Crippen LogP contribution >= 0.6 is 0 Å². The number of rotatable bonds is 3. The Hall–Kier alpha value is -2.77. The maximum Gasteiger partial charge on any atom is 0.337 e. The van der Waals surface area contributed by atoms with E-state index in [1.54, 1.807) is 6.92 Å². The molecule has 2 aliphatic heterocycles. The third-order valence-electron chi connectivity index (χ3n) is 4.45. The maximum absolute atomic E-state index is 14.3. The molecule has 138 valence electrons. The lowest BCUT2D eigenvalue weighted by Gasteiger charge is -2.29. The van der Waals surface area contributed by atoms with Gasteiger partial charge >= 0.3 is 11.9 Å². The number of hydrogen-bond donors (Lipinski definition) is 1. The fourth-order valence-corrected chi connectivity index (χ4v) is 3.42. The molecule has 0 fully saturated rings. The number of dihydropyridines is 1. The monoisotopic (exact) mass is 367 g/mol. The summed E-state index contributed by atoms with van der Waals surface area (Å²) in [6, 6.07) is 1.49. The van der Waals surface area contributed by atoms with Gasteiger partial charge < -0.3 is 14.8 Å². The zero-order chi connectivity index (χ0) is 19.2. The van der Waals surface area contributed by atoms with Crippen LogP contribution in [-0.4, -0.2) is 25.7 Å². The summed E-state index contributed by atoms with van der Waals surface area (Å²) in [5.74, 6) is -4.78. The van der Waals surface area contributed by atoms with Gasteiger partial charge in [-0.15, -0.1) is 0 Å². The number of carbonyl (C=O) groups is 2. The molecule has 0 spiro atoms. The van der Waals surface area contributed by atoms with Gasteiger partial charge in [0.15, 0.2) is 0 Å². The van der Waals surface area contributed by atoms with Crippen molar-refractivity contribution in [1.29, 1.82) is 0 Å². The van der Waals surface area contributed by atoms with Crippen molar-refractivity contribution in [2.45, 2.75) is 25.9 Å². The summed E-state index contributed by atoms with van der Waals surface area (Å²) in [5, 5.41) is 2.88. The molecule has 0 bridgehead atoms. The van der Waals surface area contributed by atoms with Crippen LogP contribution in [0.15, 0.2) is 34.7 Å².